The van der Waals surface area contributed by atoms with Gasteiger partial charge in [0.25, 0.3) is 0 Å². The number of hydrogen-bond acceptors (Lipinski definition) is 4. The number of rotatable bonds is 11. The topological polar surface area (TPSA) is 81.4 Å². The maximum absolute atomic E-state index is 12.0. The maximum atomic E-state index is 12.0. The number of carbonyl (C=O) groups is 2. The highest BCUT2D eigenvalue weighted by molar-refractivity contribution is 5.83. The smallest absolute Gasteiger partial charge is 0.330 e. The normalized spacial score (nSPS) is 13.9. The van der Waals surface area contributed by atoms with E-state index in [4.69, 9.17) is 10.5 Å². The Bertz CT molecular complexity index is 342. The van der Waals surface area contributed by atoms with Gasteiger partial charge in [-0.05, 0) is 32.6 Å². The van der Waals surface area contributed by atoms with Crippen LogP contribution in [0.1, 0.15) is 59.3 Å². The number of nitrogens with two attached hydrogens (primary N) is 1. The average molecular weight is 298 g/mol. The highest BCUT2D eigenvalue weighted by Crippen LogP contribution is 2.16. The molecule has 0 aliphatic rings. The van der Waals surface area contributed by atoms with Crippen molar-refractivity contribution in [2.45, 2.75) is 64.8 Å². The molecule has 0 bridgehead atoms. The Kier molecular flexibility index (Phi) is 10.6. The molecule has 0 heterocycles. The number of nitrogens with one attached hydrogen (secondary N) is 1. The minimum atomic E-state index is -1.06. The van der Waals surface area contributed by atoms with Crippen LogP contribution in [0.5, 0.6) is 0 Å². The molecule has 0 rings (SSSR count). The van der Waals surface area contributed by atoms with Crippen molar-refractivity contribution in [1.82, 2.24) is 5.32 Å². The van der Waals surface area contributed by atoms with Crippen molar-refractivity contribution in [3.63, 3.8) is 0 Å². The molecule has 21 heavy (non-hydrogen) atoms. The van der Waals surface area contributed by atoms with Crippen LogP contribution in [-0.4, -0.2) is 30.6 Å². The molecule has 0 radical (unpaired) electrons. The Morgan fingerprint density at radius 1 is 1.24 bits per heavy atom. The molecule has 3 N–H and O–H groups in total. The molecule has 0 aliphatic carbocycles. The lowest BCUT2D eigenvalue weighted by atomic mass is 9.92. The summed E-state index contributed by atoms with van der Waals surface area (Å²) in [7, 11) is 0. The molecule has 1 unspecified atom stereocenters. The van der Waals surface area contributed by atoms with Crippen LogP contribution in [0.15, 0.2) is 12.2 Å². The van der Waals surface area contributed by atoms with Crippen LogP contribution in [0.25, 0.3) is 0 Å². The van der Waals surface area contributed by atoms with Crippen LogP contribution >= 0.6 is 0 Å². The molecule has 0 aromatic rings. The predicted octanol–water partition coefficient (Wildman–Crippen LogP) is 2.30. The summed E-state index contributed by atoms with van der Waals surface area (Å²) < 4.78 is 5.07. The summed E-state index contributed by atoms with van der Waals surface area (Å²) in [6, 6.07) is 0. The first-order chi connectivity index (χ1) is 9.96. The van der Waals surface area contributed by atoms with Gasteiger partial charge in [-0.3, -0.25) is 4.79 Å². The van der Waals surface area contributed by atoms with Gasteiger partial charge in [0.15, 0.2) is 0 Å². The average Bonchev–Trinajstić information content (AvgIpc) is 2.43. The van der Waals surface area contributed by atoms with Crippen molar-refractivity contribution in [2.24, 2.45) is 5.73 Å². The quantitative estimate of drug-likeness (QED) is 0.348. The highest BCUT2D eigenvalue weighted by Gasteiger charge is 2.31. The first-order valence-corrected chi connectivity index (χ1v) is 7.84. The van der Waals surface area contributed by atoms with Gasteiger partial charge < -0.3 is 15.8 Å². The number of allylic oxidation sites excluding steroid dienone is 1. The zero-order valence-electron chi connectivity index (χ0n) is 13.6. The molecule has 0 saturated heterocycles. The zero-order chi connectivity index (χ0) is 16.1. The van der Waals surface area contributed by atoms with Gasteiger partial charge in [-0.15, -0.1) is 0 Å². The minimum absolute atomic E-state index is 0.0427. The molecule has 0 aliphatic heterocycles. The van der Waals surface area contributed by atoms with E-state index in [0.29, 0.717) is 19.6 Å². The molecule has 5 heteroatoms. The standard InChI is InChI=1S/C16H30N2O3/c1-4-6-7-8-11-16(17,15(20)21-5-2)12-9-10-13-18-14(3)19/h8,11H,4-7,9-10,12-13,17H2,1-3H3,(H,18,19)/b11-8+. The molecule has 0 aromatic carbocycles. The molecular weight excluding hydrogens is 268 g/mol. The van der Waals surface area contributed by atoms with Crippen LogP contribution in [0.2, 0.25) is 0 Å². The zero-order valence-corrected chi connectivity index (χ0v) is 13.6. The Morgan fingerprint density at radius 3 is 2.52 bits per heavy atom. The van der Waals surface area contributed by atoms with Crippen molar-refractivity contribution < 1.29 is 14.3 Å². The van der Waals surface area contributed by atoms with Gasteiger partial charge in [-0.1, -0.05) is 31.9 Å². The summed E-state index contributed by atoms with van der Waals surface area (Å²) in [5, 5.41) is 2.73. The van der Waals surface area contributed by atoms with Gasteiger partial charge in [0.1, 0.15) is 5.54 Å². The SMILES string of the molecule is CCCC/C=C/C(N)(CCCCNC(C)=O)C(=O)OCC. The third-order valence-corrected chi connectivity index (χ3v) is 3.19. The van der Waals surface area contributed by atoms with Gasteiger partial charge in [0, 0.05) is 13.5 Å². The molecular formula is C16H30N2O3. The summed E-state index contributed by atoms with van der Waals surface area (Å²) in [5.74, 6) is -0.420. The Balaban J connectivity index is 4.40. The Hall–Kier alpha value is -1.36. The lowest BCUT2D eigenvalue weighted by molar-refractivity contribution is -0.148. The van der Waals surface area contributed by atoms with E-state index >= 15 is 0 Å². The van der Waals surface area contributed by atoms with Gasteiger partial charge in [-0.25, -0.2) is 4.79 Å². The predicted molar refractivity (Wildman–Crippen MR) is 84.8 cm³/mol. The van der Waals surface area contributed by atoms with Crippen molar-refractivity contribution in [2.75, 3.05) is 13.2 Å². The number of esters is 1. The lowest BCUT2D eigenvalue weighted by Gasteiger charge is -2.23. The fourth-order valence-corrected chi connectivity index (χ4v) is 1.94. The fourth-order valence-electron chi connectivity index (χ4n) is 1.94. The minimum Gasteiger partial charge on any atom is -0.464 e. The number of amides is 1. The largest absolute Gasteiger partial charge is 0.464 e. The Morgan fingerprint density at radius 2 is 1.95 bits per heavy atom. The lowest BCUT2D eigenvalue weighted by Crippen LogP contribution is -2.47. The summed E-state index contributed by atoms with van der Waals surface area (Å²) >= 11 is 0. The van der Waals surface area contributed by atoms with E-state index in [0.717, 1.165) is 32.1 Å². The first kappa shape index (κ1) is 19.6. The second-order valence-corrected chi connectivity index (χ2v) is 5.25. The summed E-state index contributed by atoms with van der Waals surface area (Å²) in [4.78, 5) is 22.8. The van der Waals surface area contributed by atoms with Crippen molar-refractivity contribution in [1.29, 1.82) is 0 Å². The van der Waals surface area contributed by atoms with Crippen LogP contribution in [-0.2, 0) is 14.3 Å². The van der Waals surface area contributed by atoms with Crippen molar-refractivity contribution >= 4 is 11.9 Å². The molecule has 5 nitrogen and oxygen atoms in total. The van der Waals surface area contributed by atoms with E-state index < -0.39 is 5.54 Å². The molecule has 1 atom stereocenters. The molecule has 0 saturated carbocycles. The fraction of sp³-hybridized carbons (Fsp3) is 0.750. The molecule has 1 amide bonds. The monoisotopic (exact) mass is 298 g/mol. The second-order valence-electron chi connectivity index (χ2n) is 5.25. The number of hydrogen-bond donors (Lipinski definition) is 2. The van der Waals surface area contributed by atoms with E-state index in [1.165, 1.54) is 6.92 Å². The number of unbranched alkanes of at least 4 members (excludes halogenated alkanes) is 3. The number of carbonyl (C=O) groups excluding carboxylic acids is 2. The van der Waals surface area contributed by atoms with E-state index in [-0.39, 0.29) is 11.9 Å². The molecule has 0 aromatic heterocycles. The summed E-state index contributed by atoms with van der Waals surface area (Å²) in [5.41, 5.74) is 5.15. The van der Waals surface area contributed by atoms with Crippen LogP contribution in [0.4, 0.5) is 0 Å². The van der Waals surface area contributed by atoms with Crippen molar-refractivity contribution in [3.05, 3.63) is 12.2 Å². The van der Waals surface area contributed by atoms with E-state index in [1.54, 1.807) is 13.0 Å². The van der Waals surface area contributed by atoms with Crippen LogP contribution < -0.4 is 11.1 Å². The van der Waals surface area contributed by atoms with Gasteiger partial charge >= 0.3 is 5.97 Å². The van der Waals surface area contributed by atoms with E-state index in [9.17, 15) is 9.59 Å². The first-order valence-electron chi connectivity index (χ1n) is 7.84. The highest BCUT2D eigenvalue weighted by atomic mass is 16.5. The van der Waals surface area contributed by atoms with Crippen LogP contribution in [0, 0.1) is 0 Å². The third-order valence-electron chi connectivity index (χ3n) is 3.19. The Labute approximate surface area is 128 Å². The van der Waals surface area contributed by atoms with Crippen LogP contribution in [0.3, 0.4) is 0 Å². The van der Waals surface area contributed by atoms with Gasteiger partial charge in [0.2, 0.25) is 5.91 Å². The molecule has 0 fully saturated rings. The summed E-state index contributed by atoms with van der Waals surface area (Å²) in [6.45, 7) is 6.31. The van der Waals surface area contributed by atoms with Gasteiger partial charge in [-0.2, -0.15) is 0 Å². The third kappa shape index (κ3) is 9.24. The maximum Gasteiger partial charge on any atom is 0.330 e. The second kappa shape index (κ2) is 11.3. The molecule has 0 spiro atoms. The van der Waals surface area contributed by atoms with Crippen molar-refractivity contribution in [3.8, 4) is 0 Å². The van der Waals surface area contributed by atoms with E-state index in [2.05, 4.69) is 12.2 Å². The summed E-state index contributed by atoms with van der Waals surface area (Å²) in [6.07, 6.45) is 8.92. The van der Waals surface area contributed by atoms with E-state index in [1.807, 2.05) is 6.08 Å². The number of ether oxygens (including phenoxy) is 1. The molecule has 122 valence electrons. The van der Waals surface area contributed by atoms with Gasteiger partial charge in [0.05, 0.1) is 6.61 Å².